The maximum absolute atomic E-state index is 12.7. The molecule has 0 saturated carbocycles. The smallest absolute Gasteiger partial charge is 0.334 e. The highest BCUT2D eigenvalue weighted by Gasteiger charge is 2.67. The van der Waals surface area contributed by atoms with Crippen LogP contribution in [0.25, 0.3) is 0 Å². The van der Waals surface area contributed by atoms with E-state index < -0.39 is 41.6 Å². The molecule has 3 heterocycles. The Kier molecular flexibility index (Phi) is 5.53. The van der Waals surface area contributed by atoms with Gasteiger partial charge in [-0.05, 0) is 31.6 Å². The number of carbonyl (C=O) groups is 3. The molecule has 4 rings (SSSR count). The average molecular weight is 434 g/mol. The van der Waals surface area contributed by atoms with Gasteiger partial charge < -0.3 is 28.8 Å². The fourth-order valence-corrected chi connectivity index (χ4v) is 4.36. The lowest BCUT2D eigenvalue weighted by atomic mass is 9.82. The molecule has 3 aliphatic heterocycles. The Bertz CT molecular complexity index is 887. The summed E-state index contributed by atoms with van der Waals surface area (Å²) in [6.07, 6.45) is 1.28. The van der Waals surface area contributed by atoms with Crippen molar-refractivity contribution in [2.75, 3.05) is 13.2 Å². The van der Waals surface area contributed by atoms with Crippen LogP contribution in [0.2, 0.25) is 0 Å². The number of aliphatic hydroxyl groups is 1. The first kappa shape index (κ1) is 21.7. The molecule has 0 aromatic carbocycles. The average Bonchev–Trinajstić information content (AvgIpc) is 3.58. The summed E-state index contributed by atoms with van der Waals surface area (Å²) in [7, 11) is 0. The summed E-state index contributed by atoms with van der Waals surface area (Å²) in [4.78, 5) is 35.9. The molecule has 0 amide bonds. The van der Waals surface area contributed by atoms with Gasteiger partial charge in [-0.25, -0.2) is 9.59 Å². The fourth-order valence-electron chi connectivity index (χ4n) is 4.36. The van der Waals surface area contributed by atoms with Crippen LogP contribution in [-0.4, -0.2) is 72.3 Å². The van der Waals surface area contributed by atoms with Gasteiger partial charge in [0.25, 0.3) is 0 Å². The van der Waals surface area contributed by atoms with Crippen LogP contribution < -0.4 is 0 Å². The van der Waals surface area contributed by atoms with Crippen molar-refractivity contribution < 1.29 is 43.2 Å². The van der Waals surface area contributed by atoms with Gasteiger partial charge in [0, 0.05) is 24.5 Å². The minimum absolute atomic E-state index is 0.0484. The molecule has 31 heavy (non-hydrogen) atoms. The van der Waals surface area contributed by atoms with E-state index in [0.717, 1.165) is 0 Å². The van der Waals surface area contributed by atoms with Crippen molar-refractivity contribution in [2.24, 2.45) is 5.92 Å². The van der Waals surface area contributed by atoms with Crippen molar-refractivity contribution in [3.8, 4) is 0 Å². The van der Waals surface area contributed by atoms with Crippen LogP contribution in [0, 0.1) is 5.92 Å². The summed E-state index contributed by atoms with van der Waals surface area (Å²) < 4.78 is 27.7. The Morgan fingerprint density at radius 3 is 2.81 bits per heavy atom. The van der Waals surface area contributed by atoms with Crippen LogP contribution in [0.5, 0.6) is 0 Å². The van der Waals surface area contributed by atoms with E-state index >= 15 is 0 Å². The summed E-state index contributed by atoms with van der Waals surface area (Å²) in [6.45, 7) is 8.29. The molecular formula is C22H26O9. The van der Waals surface area contributed by atoms with Crippen molar-refractivity contribution in [3.05, 3.63) is 35.5 Å². The maximum Gasteiger partial charge on any atom is 0.334 e. The lowest BCUT2D eigenvalue weighted by Gasteiger charge is -2.28. The van der Waals surface area contributed by atoms with Crippen LogP contribution >= 0.6 is 0 Å². The number of hydrogen-bond donors (Lipinski definition) is 1. The van der Waals surface area contributed by atoms with Crippen molar-refractivity contribution in [1.29, 1.82) is 0 Å². The van der Waals surface area contributed by atoms with Gasteiger partial charge in [-0.2, -0.15) is 0 Å². The maximum atomic E-state index is 12.7. The zero-order valence-electron chi connectivity index (χ0n) is 17.7. The first-order chi connectivity index (χ1) is 14.6. The van der Waals surface area contributed by atoms with Gasteiger partial charge in [0.15, 0.2) is 0 Å². The van der Waals surface area contributed by atoms with Gasteiger partial charge in [-0.3, -0.25) is 4.79 Å². The molecule has 9 nitrogen and oxygen atoms in total. The minimum atomic E-state index is -0.755. The molecule has 168 valence electrons. The number of ether oxygens (including phenoxy) is 5. The largest absolute Gasteiger partial charge is 0.462 e. The lowest BCUT2D eigenvalue weighted by Crippen LogP contribution is -2.38. The predicted octanol–water partition coefficient (Wildman–Crippen LogP) is 0.753. The van der Waals surface area contributed by atoms with E-state index in [1.54, 1.807) is 13.0 Å². The van der Waals surface area contributed by atoms with E-state index in [-0.39, 0.29) is 42.7 Å². The number of rotatable bonds is 5. The Balaban J connectivity index is 1.60. The molecule has 0 aromatic rings. The van der Waals surface area contributed by atoms with Crippen LogP contribution in [-0.2, 0) is 38.1 Å². The number of carbonyl (C=O) groups excluding carboxylic acids is 3. The summed E-state index contributed by atoms with van der Waals surface area (Å²) in [5.41, 5.74) is 0.465. The Morgan fingerprint density at radius 1 is 1.39 bits per heavy atom. The summed E-state index contributed by atoms with van der Waals surface area (Å²) in [6, 6.07) is 0. The minimum Gasteiger partial charge on any atom is -0.462 e. The third kappa shape index (κ3) is 4.17. The summed E-state index contributed by atoms with van der Waals surface area (Å²) >= 11 is 0. The van der Waals surface area contributed by atoms with Crippen LogP contribution in [0.3, 0.4) is 0 Å². The van der Waals surface area contributed by atoms with E-state index in [2.05, 4.69) is 6.58 Å². The van der Waals surface area contributed by atoms with Crippen LogP contribution in [0.1, 0.15) is 27.2 Å². The van der Waals surface area contributed by atoms with Gasteiger partial charge in [-0.1, -0.05) is 6.58 Å². The molecule has 0 aromatic heterocycles. The van der Waals surface area contributed by atoms with Gasteiger partial charge in [0.2, 0.25) is 0 Å². The second kappa shape index (κ2) is 7.89. The molecule has 9 heteroatoms. The molecule has 1 aliphatic carbocycles. The van der Waals surface area contributed by atoms with Gasteiger partial charge >= 0.3 is 17.9 Å². The van der Waals surface area contributed by atoms with Crippen molar-refractivity contribution >= 4 is 17.9 Å². The Labute approximate surface area is 179 Å². The zero-order valence-corrected chi connectivity index (χ0v) is 17.7. The van der Waals surface area contributed by atoms with Crippen molar-refractivity contribution in [2.45, 2.75) is 63.3 Å². The quantitative estimate of drug-likeness (QED) is 0.219. The third-order valence-corrected chi connectivity index (χ3v) is 6.22. The Morgan fingerprint density at radius 2 is 2.13 bits per heavy atom. The van der Waals surface area contributed by atoms with E-state index in [9.17, 15) is 19.5 Å². The van der Waals surface area contributed by atoms with E-state index in [1.165, 1.54) is 13.0 Å². The third-order valence-electron chi connectivity index (χ3n) is 6.22. The molecule has 3 saturated heterocycles. The monoisotopic (exact) mass is 434 g/mol. The standard InChI is InChI=1S/C22H26O9/c1-10(5-6-27-12(3)24)20(25)29-15-8-22(4)19(31-22)18-17(30-18)13(9-23)7-14-16(15)11(2)21(26)28-14/h5,7,14-19,23H,2,6,8-9H2,1,3-4H3/b10-5-,13-7+/t14-,15-,16+,17+,18+,19+,22-/m1/s1. The number of esters is 3. The second-order valence-corrected chi connectivity index (χ2v) is 8.53. The zero-order chi connectivity index (χ0) is 22.5. The van der Waals surface area contributed by atoms with Crippen molar-refractivity contribution in [3.63, 3.8) is 0 Å². The van der Waals surface area contributed by atoms with E-state index in [0.29, 0.717) is 12.0 Å². The van der Waals surface area contributed by atoms with Gasteiger partial charge in [0.05, 0.1) is 18.1 Å². The molecule has 4 aliphatic rings. The Hall–Kier alpha value is -2.49. The number of aliphatic hydroxyl groups excluding tert-OH is 1. The molecule has 7 atom stereocenters. The normalized spacial score (nSPS) is 40.4. The van der Waals surface area contributed by atoms with Crippen molar-refractivity contribution in [1.82, 2.24) is 0 Å². The molecular weight excluding hydrogens is 408 g/mol. The predicted molar refractivity (Wildman–Crippen MR) is 105 cm³/mol. The summed E-state index contributed by atoms with van der Waals surface area (Å²) in [5.74, 6) is -2.26. The second-order valence-electron chi connectivity index (χ2n) is 8.53. The highest BCUT2D eigenvalue weighted by Crippen LogP contribution is 2.53. The molecule has 0 spiro atoms. The number of hydrogen-bond acceptors (Lipinski definition) is 9. The van der Waals surface area contributed by atoms with Gasteiger partial charge in [-0.15, -0.1) is 0 Å². The molecule has 1 N–H and O–H groups in total. The first-order valence-corrected chi connectivity index (χ1v) is 10.2. The van der Waals surface area contributed by atoms with Crippen LogP contribution in [0.15, 0.2) is 35.5 Å². The first-order valence-electron chi connectivity index (χ1n) is 10.2. The van der Waals surface area contributed by atoms with Gasteiger partial charge in [0.1, 0.15) is 37.1 Å². The highest BCUT2D eigenvalue weighted by atomic mass is 16.7. The molecule has 0 radical (unpaired) electrons. The fraction of sp³-hybridized carbons (Fsp3) is 0.591. The van der Waals surface area contributed by atoms with E-state index in [4.69, 9.17) is 23.7 Å². The highest BCUT2D eigenvalue weighted by molar-refractivity contribution is 5.92. The number of fused-ring (bicyclic) bond motifs is 4. The van der Waals surface area contributed by atoms with E-state index in [1.807, 2.05) is 6.92 Å². The molecule has 0 bridgehead atoms. The topological polar surface area (TPSA) is 124 Å². The number of epoxide rings is 2. The SMILES string of the molecule is C=C1C(=O)O[C@@H]2/C=C(\CO)[C@@H]3O[C@@H]3[C@@H]3O[C@]3(C)C[C@@H](OC(=O)/C(C)=C\COC(C)=O)[C@@H]12. The molecule has 3 fully saturated rings. The molecule has 0 unspecified atom stereocenters. The lowest BCUT2D eigenvalue weighted by molar-refractivity contribution is -0.148. The van der Waals surface area contributed by atoms with Crippen LogP contribution in [0.4, 0.5) is 0 Å². The summed E-state index contributed by atoms with van der Waals surface area (Å²) in [5, 5.41) is 9.81.